The number of carbonyl (C=O) groups is 1. The van der Waals surface area contributed by atoms with E-state index in [1.165, 1.54) is 0 Å². The number of carbonyl (C=O) groups excluding carboxylic acids is 1. The smallest absolute Gasteiger partial charge is 0.227 e. The highest BCUT2D eigenvalue weighted by molar-refractivity contribution is 5.92. The van der Waals surface area contributed by atoms with Gasteiger partial charge in [0, 0.05) is 18.3 Å². The maximum atomic E-state index is 12.3. The van der Waals surface area contributed by atoms with E-state index in [0.29, 0.717) is 18.2 Å². The molecule has 21 heavy (non-hydrogen) atoms. The molecule has 0 aromatic carbocycles. The van der Waals surface area contributed by atoms with Crippen molar-refractivity contribution in [2.24, 2.45) is 17.6 Å². The van der Waals surface area contributed by atoms with Crippen molar-refractivity contribution in [2.45, 2.75) is 19.3 Å². The number of aromatic nitrogens is 3. The third-order valence-electron chi connectivity index (χ3n) is 4.05. The lowest BCUT2D eigenvalue weighted by Crippen LogP contribution is -2.29. The molecule has 2 aromatic rings. The predicted octanol–water partition coefficient (Wildman–Crippen LogP) is 1.58. The molecule has 6 nitrogen and oxygen atoms in total. The molecule has 1 aliphatic rings. The largest absolute Gasteiger partial charge is 0.330 e. The molecule has 0 aliphatic heterocycles. The summed E-state index contributed by atoms with van der Waals surface area (Å²) in [4.78, 5) is 16.6. The lowest BCUT2D eigenvalue weighted by atomic mass is 9.95. The van der Waals surface area contributed by atoms with Gasteiger partial charge in [0.25, 0.3) is 0 Å². The Labute approximate surface area is 123 Å². The van der Waals surface area contributed by atoms with Crippen molar-refractivity contribution in [1.82, 2.24) is 14.8 Å². The molecule has 1 fully saturated rings. The first-order valence-electron chi connectivity index (χ1n) is 7.25. The molecule has 1 saturated carbocycles. The van der Waals surface area contributed by atoms with Crippen molar-refractivity contribution < 1.29 is 4.79 Å². The summed E-state index contributed by atoms with van der Waals surface area (Å²) in [5, 5.41) is 7.05. The van der Waals surface area contributed by atoms with E-state index in [9.17, 15) is 4.79 Å². The van der Waals surface area contributed by atoms with Crippen LogP contribution in [-0.2, 0) is 4.79 Å². The molecule has 1 amide bonds. The lowest BCUT2D eigenvalue weighted by molar-refractivity contribution is -0.120. The Hall–Kier alpha value is -2.21. The minimum Gasteiger partial charge on any atom is -0.330 e. The lowest BCUT2D eigenvalue weighted by Gasteiger charge is -2.17. The molecule has 6 heteroatoms. The van der Waals surface area contributed by atoms with Gasteiger partial charge in [-0.25, -0.2) is 9.67 Å². The second-order valence-electron chi connectivity index (χ2n) is 5.38. The van der Waals surface area contributed by atoms with Crippen molar-refractivity contribution >= 4 is 11.6 Å². The fourth-order valence-corrected chi connectivity index (χ4v) is 2.90. The maximum absolute atomic E-state index is 12.3. The third-order valence-corrected chi connectivity index (χ3v) is 4.05. The quantitative estimate of drug-likeness (QED) is 0.893. The molecule has 110 valence electrons. The van der Waals surface area contributed by atoms with E-state index in [4.69, 9.17) is 5.73 Å². The van der Waals surface area contributed by atoms with Gasteiger partial charge in [0.15, 0.2) is 5.82 Å². The van der Waals surface area contributed by atoms with Gasteiger partial charge in [-0.15, -0.1) is 0 Å². The Morgan fingerprint density at radius 1 is 1.43 bits per heavy atom. The Bertz CT molecular complexity index is 593. The SMILES string of the molecule is NCC1CCCC1C(=O)Nc1ccc(-n2cccn2)nc1. The molecule has 2 heterocycles. The molecule has 0 spiro atoms. The summed E-state index contributed by atoms with van der Waals surface area (Å²) in [5.74, 6) is 1.11. The van der Waals surface area contributed by atoms with Gasteiger partial charge in [-0.1, -0.05) is 6.42 Å². The molecular formula is C15H19N5O. The molecule has 2 atom stereocenters. The van der Waals surface area contributed by atoms with Crippen molar-refractivity contribution in [1.29, 1.82) is 0 Å². The number of pyridine rings is 1. The number of nitrogens with zero attached hydrogens (tertiary/aromatic N) is 3. The van der Waals surface area contributed by atoms with E-state index in [-0.39, 0.29) is 11.8 Å². The molecule has 2 unspecified atom stereocenters. The number of hydrogen-bond donors (Lipinski definition) is 2. The average Bonchev–Trinajstić information content (AvgIpc) is 3.19. The minimum absolute atomic E-state index is 0.0285. The normalized spacial score (nSPS) is 21.4. The van der Waals surface area contributed by atoms with Crippen molar-refractivity contribution in [2.75, 3.05) is 11.9 Å². The molecule has 3 rings (SSSR count). The Morgan fingerprint density at radius 3 is 3.00 bits per heavy atom. The monoisotopic (exact) mass is 285 g/mol. The van der Waals surface area contributed by atoms with Crippen LogP contribution in [0.15, 0.2) is 36.8 Å². The number of rotatable bonds is 4. The molecular weight excluding hydrogens is 266 g/mol. The van der Waals surface area contributed by atoms with Crippen LogP contribution in [0.4, 0.5) is 5.69 Å². The van der Waals surface area contributed by atoms with E-state index in [2.05, 4.69) is 15.4 Å². The van der Waals surface area contributed by atoms with Crippen LogP contribution in [0.25, 0.3) is 5.82 Å². The number of nitrogens with one attached hydrogen (secondary N) is 1. The summed E-state index contributed by atoms with van der Waals surface area (Å²) in [7, 11) is 0. The van der Waals surface area contributed by atoms with Crippen molar-refractivity contribution in [3.63, 3.8) is 0 Å². The van der Waals surface area contributed by atoms with Gasteiger partial charge >= 0.3 is 0 Å². The third kappa shape index (κ3) is 2.95. The molecule has 3 N–H and O–H groups in total. The highest BCUT2D eigenvalue weighted by Crippen LogP contribution is 2.31. The zero-order chi connectivity index (χ0) is 14.7. The summed E-state index contributed by atoms with van der Waals surface area (Å²) in [6.45, 7) is 0.578. The van der Waals surface area contributed by atoms with Gasteiger partial charge in [-0.05, 0) is 43.5 Å². The topological polar surface area (TPSA) is 85.8 Å². The fourth-order valence-electron chi connectivity index (χ4n) is 2.90. The van der Waals surface area contributed by atoms with Crippen LogP contribution in [0.2, 0.25) is 0 Å². The van der Waals surface area contributed by atoms with Gasteiger partial charge in [-0.3, -0.25) is 4.79 Å². The summed E-state index contributed by atoms with van der Waals surface area (Å²) in [6, 6.07) is 5.51. The van der Waals surface area contributed by atoms with Crippen LogP contribution < -0.4 is 11.1 Å². The summed E-state index contributed by atoms with van der Waals surface area (Å²) >= 11 is 0. The van der Waals surface area contributed by atoms with Crippen LogP contribution >= 0.6 is 0 Å². The minimum atomic E-state index is 0.0285. The molecule has 0 radical (unpaired) electrons. The molecule has 0 bridgehead atoms. The first-order valence-corrected chi connectivity index (χ1v) is 7.25. The van der Waals surface area contributed by atoms with E-state index in [1.807, 2.05) is 24.4 Å². The van der Waals surface area contributed by atoms with Crippen LogP contribution in [0, 0.1) is 11.8 Å². The van der Waals surface area contributed by atoms with E-state index < -0.39 is 0 Å². The first kappa shape index (κ1) is 13.8. The van der Waals surface area contributed by atoms with Gasteiger partial charge in [0.1, 0.15) is 0 Å². The van der Waals surface area contributed by atoms with Gasteiger partial charge in [-0.2, -0.15) is 5.10 Å². The zero-order valence-electron chi connectivity index (χ0n) is 11.8. The van der Waals surface area contributed by atoms with Crippen LogP contribution in [0.1, 0.15) is 19.3 Å². The van der Waals surface area contributed by atoms with Gasteiger partial charge in [0.2, 0.25) is 5.91 Å². The van der Waals surface area contributed by atoms with Crippen molar-refractivity contribution in [3.05, 3.63) is 36.8 Å². The zero-order valence-corrected chi connectivity index (χ0v) is 11.8. The maximum Gasteiger partial charge on any atom is 0.227 e. The number of nitrogens with two attached hydrogens (primary N) is 1. The van der Waals surface area contributed by atoms with Crippen LogP contribution in [-0.4, -0.2) is 27.2 Å². The van der Waals surface area contributed by atoms with Gasteiger partial charge < -0.3 is 11.1 Å². The summed E-state index contributed by atoms with van der Waals surface area (Å²) < 4.78 is 1.67. The van der Waals surface area contributed by atoms with Crippen LogP contribution in [0.5, 0.6) is 0 Å². The first-order chi connectivity index (χ1) is 10.3. The number of amides is 1. The Morgan fingerprint density at radius 2 is 2.33 bits per heavy atom. The average molecular weight is 285 g/mol. The molecule has 0 saturated heterocycles. The number of hydrogen-bond acceptors (Lipinski definition) is 4. The Balaban J connectivity index is 1.66. The number of anilines is 1. The van der Waals surface area contributed by atoms with Crippen LogP contribution in [0.3, 0.4) is 0 Å². The molecule has 2 aromatic heterocycles. The fraction of sp³-hybridized carbons (Fsp3) is 0.400. The van der Waals surface area contributed by atoms with Gasteiger partial charge in [0.05, 0.1) is 11.9 Å². The Kier molecular flexibility index (Phi) is 3.96. The highest BCUT2D eigenvalue weighted by atomic mass is 16.1. The predicted molar refractivity (Wildman–Crippen MR) is 79.9 cm³/mol. The summed E-state index contributed by atoms with van der Waals surface area (Å²) in [6.07, 6.45) is 8.23. The van der Waals surface area contributed by atoms with Crippen molar-refractivity contribution in [3.8, 4) is 5.82 Å². The highest BCUT2D eigenvalue weighted by Gasteiger charge is 2.31. The van der Waals surface area contributed by atoms with E-state index in [1.54, 1.807) is 17.1 Å². The standard InChI is InChI=1S/C15H19N5O/c16-9-11-3-1-4-13(11)15(21)19-12-5-6-14(17-10-12)20-8-2-7-18-20/h2,5-8,10-11,13H,1,3-4,9,16H2,(H,19,21). The van der Waals surface area contributed by atoms with E-state index >= 15 is 0 Å². The van der Waals surface area contributed by atoms with E-state index in [0.717, 1.165) is 25.1 Å². The second-order valence-corrected chi connectivity index (χ2v) is 5.38. The second kappa shape index (κ2) is 6.05. The molecule has 1 aliphatic carbocycles. The summed E-state index contributed by atoms with van der Waals surface area (Å²) in [5.41, 5.74) is 6.43.